The molecule has 3 aromatic carbocycles. The average Bonchev–Trinajstić information content (AvgIpc) is 2.94. The number of hydrogen-bond donors (Lipinski definition) is 6. The summed E-state index contributed by atoms with van der Waals surface area (Å²) < 4.78 is 0.809. The third-order valence-corrected chi connectivity index (χ3v) is 6.15. The van der Waals surface area contributed by atoms with Crippen molar-refractivity contribution in [2.75, 3.05) is 17.2 Å². The molecule has 1 atom stereocenters. The topological polar surface area (TPSA) is 149 Å². The number of amides is 5. The summed E-state index contributed by atoms with van der Waals surface area (Å²) in [6.45, 7) is 0.449. The molecule has 0 bridgehead atoms. The van der Waals surface area contributed by atoms with Crippen molar-refractivity contribution in [1.82, 2.24) is 16.1 Å². The molecule has 3 rings (SSSR count). The van der Waals surface area contributed by atoms with E-state index in [1.165, 1.54) is 0 Å². The van der Waals surface area contributed by atoms with Gasteiger partial charge in [-0.05, 0) is 60.9 Å². The first-order valence-corrected chi connectivity index (χ1v) is 13.1. The van der Waals surface area contributed by atoms with Gasteiger partial charge >= 0.3 is 6.03 Å². The van der Waals surface area contributed by atoms with Crippen molar-refractivity contribution in [3.05, 3.63) is 94.5 Å². The fourth-order valence-corrected chi connectivity index (χ4v) is 4.08. The predicted molar refractivity (Wildman–Crippen MR) is 151 cm³/mol. The van der Waals surface area contributed by atoms with E-state index in [1.807, 2.05) is 12.1 Å². The lowest BCUT2D eigenvalue weighted by Crippen LogP contribution is -2.39. The molecule has 11 heteroatoms. The lowest BCUT2D eigenvalue weighted by atomic mass is 10.1. The molecule has 0 aliphatic carbocycles. The van der Waals surface area contributed by atoms with Crippen LogP contribution in [0.5, 0.6) is 0 Å². The molecule has 39 heavy (non-hydrogen) atoms. The molecule has 5 amide bonds. The van der Waals surface area contributed by atoms with Crippen LogP contribution in [0.1, 0.15) is 47.6 Å². The van der Waals surface area contributed by atoms with Crippen molar-refractivity contribution in [3.63, 3.8) is 0 Å². The molecule has 0 radical (unpaired) electrons. The van der Waals surface area contributed by atoms with Crippen molar-refractivity contribution in [2.24, 2.45) is 0 Å². The zero-order chi connectivity index (χ0) is 28.0. The van der Waals surface area contributed by atoms with Gasteiger partial charge in [0.15, 0.2) is 0 Å². The van der Waals surface area contributed by atoms with Crippen LogP contribution in [0.3, 0.4) is 0 Å². The van der Waals surface area contributed by atoms with Gasteiger partial charge in [-0.15, -0.1) is 0 Å². The highest BCUT2D eigenvalue weighted by Gasteiger charge is 2.23. The largest absolute Gasteiger partial charge is 0.352 e. The highest BCUT2D eigenvalue weighted by molar-refractivity contribution is 9.10. The Bertz CT molecular complexity index is 1270. The molecule has 0 fully saturated rings. The lowest BCUT2D eigenvalue weighted by Gasteiger charge is -2.19. The molecule has 0 heterocycles. The summed E-state index contributed by atoms with van der Waals surface area (Å²) in [5.74, 6) is -1.09. The number of nitrogens with one attached hydrogen (secondary N) is 5. The standard InChI is InChI=1S/C28H30BrN5O5/c29-21-10-7-11-23(18-21)31-27(37)25(19-8-3-1-4-9-19)33-28(38)32-22-15-13-20(14-16-22)26(36)30-17-6-2-5-12-24(35)34-39/h1,3-4,7-11,13-16,18,25,39H,2,5-6,12,17H2,(H,30,36)(H,31,37)(H,34,35)(H2,32,33,38)/t25-/m0/s1. The van der Waals surface area contributed by atoms with Crippen LogP contribution in [-0.4, -0.2) is 35.5 Å². The van der Waals surface area contributed by atoms with Crippen molar-refractivity contribution in [3.8, 4) is 0 Å². The van der Waals surface area contributed by atoms with Crippen LogP contribution in [0.25, 0.3) is 0 Å². The van der Waals surface area contributed by atoms with E-state index >= 15 is 0 Å². The Kier molecular flexibility index (Phi) is 11.5. The van der Waals surface area contributed by atoms with Gasteiger partial charge < -0.3 is 21.3 Å². The van der Waals surface area contributed by atoms with Gasteiger partial charge in [0.25, 0.3) is 11.8 Å². The first-order chi connectivity index (χ1) is 18.9. The van der Waals surface area contributed by atoms with Gasteiger partial charge in [-0.2, -0.15) is 0 Å². The zero-order valence-electron chi connectivity index (χ0n) is 21.1. The van der Waals surface area contributed by atoms with Crippen LogP contribution in [0.15, 0.2) is 83.3 Å². The second kappa shape index (κ2) is 15.3. The van der Waals surface area contributed by atoms with Crippen LogP contribution in [-0.2, 0) is 9.59 Å². The number of rotatable bonds is 12. The Labute approximate surface area is 234 Å². The molecule has 6 N–H and O–H groups in total. The zero-order valence-corrected chi connectivity index (χ0v) is 22.7. The number of hydroxylamine groups is 1. The summed E-state index contributed by atoms with van der Waals surface area (Å²) in [6, 6.07) is 20.9. The lowest BCUT2D eigenvalue weighted by molar-refractivity contribution is -0.129. The van der Waals surface area contributed by atoms with E-state index in [4.69, 9.17) is 5.21 Å². The number of halogens is 1. The van der Waals surface area contributed by atoms with Gasteiger partial charge in [0.2, 0.25) is 5.91 Å². The molecule has 0 unspecified atom stereocenters. The molecule has 204 valence electrons. The van der Waals surface area contributed by atoms with Gasteiger partial charge in [0.1, 0.15) is 6.04 Å². The van der Waals surface area contributed by atoms with Gasteiger partial charge in [0, 0.05) is 34.4 Å². The highest BCUT2D eigenvalue weighted by atomic mass is 79.9. The van der Waals surface area contributed by atoms with Crippen LogP contribution < -0.4 is 26.7 Å². The Morgan fingerprint density at radius 3 is 2.23 bits per heavy atom. The maximum atomic E-state index is 13.1. The quantitative estimate of drug-likeness (QED) is 0.101. The first kappa shape index (κ1) is 29.3. The normalized spacial score (nSPS) is 11.1. The predicted octanol–water partition coefficient (Wildman–Crippen LogP) is 4.75. The minimum absolute atomic E-state index is 0.230. The minimum atomic E-state index is -0.951. The second-order valence-electron chi connectivity index (χ2n) is 8.62. The maximum Gasteiger partial charge on any atom is 0.320 e. The number of benzene rings is 3. The molecule has 0 saturated carbocycles. The summed E-state index contributed by atoms with van der Waals surface area (Å²) in [6.07, 6.45) is 2.27. The van der Waals surface area contributed by atoms with E-state index < -0.39 is 23.9 Å². The highest BCUT2D eigenvalue weighted by Crippen LogP contribution is 2.20. The van der Waals surface area contributed by atoms with Crippen molar-refractivity contribution in [2.45, 2.75) is 31.7 Å². The Balaban J connectivity index is 1.53. The summed E-state index contributed by atoms with van der Waals surface area (Å²) in [5.41, 5.74) is 3.66. The maximum absolute atomic E-state index is 13.1. The Hall–Kier alpha value is -4.22. The van der Waals surface area contributed by atoms with E-state index in [2.05, 4.69) is 37.2 Å². The second-order valence-corrected chi connectivity index (χ2v) is 9.54. The summed E-state index contributed by atoms with van der Waals surface area (Å²) in [7, 11) is 0. The van der Waals surface area contributed by atoms with Crippen LogP contribution in [0.2, 0.25) is 0 Å². The average molecular weight is 596 g/mol. The molecular weight excluding hydrogens is 566 g/mol. The number of hydrogen-bond acceptors (Lipinski definition) is 5. The molecule has 0 saturated heterocycles. The minimum Gasteiger partial charge on any atom is -0.352 e. The van der Waals surface area contributed by atoms with Gasteiger partial charge in [-0.1, -0.05) is 58.7 Å². The molecule has 0 aliphatic rings. The van der Waals surface area contributed by atoms with Gasteiger partial charge in [0.05, 0.1) is 0 Å². The fourth-order valence-electron chi connectivity index (χ4n) is 3.68. The molecule has 0 spiro atoms. The SMILES string of the molecule is O=C(CCCCCNC(=O)c1ccc(NC(=O)N[C@H](C(=O)Nc2cccc(Br)c2)c2ccccc2)cc1)NO. The molecule has 10 nitrogen and oxygen atoms in total. The van der Waals surface area contributed by atoms with E-state index in [0.717, 1.165) is 10.9 Å². The van der Waals surface area contributed by atoms with Gasteiger partial charge in [-0.3, -0.25) is 19.6 Å². The number of urea groups is 1. The summed E-state index contributed by atoms with van der Waals surface area (Å²) >= 11 is 3.38. The smallest absolute Gasteiger partial charge is 0.320 e. The monoisotopic (exact) mass is 595 g/mol. The van der Waals surface area contributed by atoms with Crippen molar-refractivity contribution in [1.29, 1.82) is 0 Å². The van der Waals surface area contributed by atoms with Crippen LogP contribution in [0, 0.1) is 0 Å². The van der Waals surface area contributed by atoms with Crippen LogP contribution in [0.4, 0.5) is 16.2 Å². The summed E-state index contributed by atoms with van der Waals surface area (Å²) in [4.78, 5) is 49.2. The third kappa shape index (κ3) is 9.87. The fraction of sp³-hybridized carbons (Fsp3) is 0.214. The van der Waals surface area contributed by atoms with Gasteiger partial charge in [-0.25, -0.2) is 10.3 Å². The van der Waals surface area contributed by atoms with E-state index in [9.17, 15) is 19.2 Å². The molecule has 0 aromatic heterocycles. The third-order valence-electron chi connectivity index (χ3n) is 5.66. The molecular formula is C28H30BrN5O5. The summed E-state index contributed by atoms with van der Waals surface area (Å²) in [5, 5.41) is 19.5. The van der Waals surface area contributed by atoms with E-state index in [1.54, 1.807) is 72.2 Å². The number of carbonyl (C=O) groups excluding carboxylic acids is 4. The van der Waals surface area contributed by atoms with E-state index in [-0.39, 0.29) is 12.3 Å². The Morgan fingerprint density at radius 1 is 0.795 bits per heavy atom. The molecule has 3 aromatic rings. The van der Waals surface area contributed by atoms with Crippen LogP contribution >= 0.6 is 15.9 Å². The number of unbranched alkanes of at least 4 members (excludes halogenated alkanes) is 2. The Morgan fingerprint density at radius 2 is 1.54 bits per heavy atom. The van der Waals surface area contributed by atoms with E-state index in [0.29, 0.717) is 41.9 Å². The van der Waals surface area contributed by atoms with Crippen molar-refractivity contribution >= 4 is 51.1 Å². The number of carbonyl (C=O) groups is 4. The number of anilines is 2. The van der Waals surface area contributed by atoms with Crippen molar-refractivity contribution < 1.29 is 24.4 Å². The molecule has 0 aliphatic heterocycles. The first-order valence-electron chi connectivity index (χ1n) is 12.4.